The van der Waals surface area contributed by atoms with Gasteiger partial charge in [0.15, 0.2) is 0 Å². The van der Waals surface area contributed by atoms with Crippen LogP contribution in [0.3, 0.4) is 0 Å². The van der Waals surface area contributed by atoms with E-state index in [2.05, 4.69) is 20.8 Å². The van der Waals surface area contributed by atoms with Gasteiger partial charge in [-0.15, -0.1) is 0 Å². The molecule has 3 heterocycles. The lowest BCUT2D eigenvalue weighted by atomic mass is 9.77. The Kier molecular flexibility index (Phi) is 6.30. The Balaban J connectivity index is 1.56. The van der Waals surface area contributed by atoms with E-state index < -0.39 is 42.4 Å². The molecule has 2 aromatic rings. The molecule has 2 aliphatic rings. The van der Waals surface area contributed by atoms with Gasteiger partial charge in [-0.3, -0.25) is 24.4 Å². The molecule has 0 spiro atoms. The van der Waals surface area contributed by atoms with Crippen LogP contribution in [-0.2, 0) is 15.0 Å². The zero-order chi connectivity index (χ0) is 24.0. The van der Waals surface area contributed by atoms with Crippen molar-refractivity contribution < 1.29 is 27.6 Å². The van der Waals surface area contributed by atoms with Gasteiger partial charge in [-0.2, -0.15) is 13.2 Å². The van der Waals surface area contributed by atoms with Gasteiger partial charge < -0.3 is 5.32 Å². The highest BCUT2D eigenvalue weighted by Gasteiger charge is 2.58. The van der Waals surface area contributed by atoms with Crippen molar-refractivity contribution >= 4 is 52.3 Å². The smallest absolute Gasteiger partial charge is 0.338 e. The molecule has 0 radical (unpaired) electrons. The first-order valence-corrected chi connectivity index (χ1v) is 10.6. The second-order valence-corrected chi connectivity index (χ2v) is 8.70. The van der Waals surface area contributed by atoms with Gasteiger partial charge in [0, 0.05) is 12.6 Å². The Hall–Kier alpha value is -2.40. The number of hydrogen-bond donors (Lipinski definition) is 2. The molecule has 2 aliphatic heterocycles. The van der Waals surface area contributed by atoms with Crippen LogP contribution in [0, 0.1) is 0 Å². The van der Waals surface area contributed by atoms with Crippen LogP contribution in [0.4, 0.5) is 13.2 Å². The van der Waals surface area contributed by atoms with Gasteiger partial charge in [-0.05, 0) is 29.8 Å². The van der Waals surface area contributed by atoms with Crippen molar-refractivity contribution in [3.63, 3.8) is 0 Å². The summed E-state index contributed by atoms with van der Waals surface area (Å²) >= 11 is 17.8. The van der Waals surface area contributed by atoms with E-state index in [9.17, 15) is 22.8 Å². The first kappa shape index (κ1) is 23.7. The van der Waals surface area contributed by atoms with Gasteiger partial charge in [-0.25, -0.2) is 5.48 Å². The van der Waals surface area contributed by atoms with Gasteiger partial charge in [0.05, 0.1) is 38.6 Å². The average Bonchev–Trinajstić information content (AvgIpc) is 3.39. The molecule has 1 saturated heterocycles. The number of nitrogens with one attached hydrogen (secondary N) is 2. The van der Waals surface area contributed by atoms with Crippen LogP contribution < -0.4 is 10.8 Å². The third-order valence-electron chi connectivity index (χ3n) is 5.45. The molecule has 2 amide bonds. The van der Waals surface area contributed by atoms with Crippen molar-refractivity contribution in [3.05, 3.63) is 62.4 Å². The molecule has 2 N–H and O–H groups in total. The zero-order valence-corrected chi connectivity index (χ0v) is 18.7. The molecule has 13 heteroatoms. The Morgan fingerprint density at radius 3 is 2.45 bits per heavy atom. The van der Waals surface area contributed by atoms with E-state index in [4.69, 9.17) is 39.6 Å². The summed E-state index contributed by atoms with van der Waals surface area (Å²) in [6.45, 7) is -0.605. The van der Waals surface area contributed by atoms with Crippen LogP contribution in [0.15, 0.2) is 35.5 Å². The molecule has 33 heavy (non-hydrogen) atoms. The predicted octanol–water partition coefficient (Wildman–Crippen LogP) is 3.89. The lowest BCUT2D eigenvalue weighted by molar-refractivity contribution is -0.183. The van der Waals surface area contributed by atoms with Gasteiger partial charge in [0.25, 0.3) is 11.8 Å². The summed E-state index contributed by atoms with van der Waals surface area (Å²) in [5.41, 5.74) is 0.0324. The number of nitrogens with zero attached hydrogens (tertiary/aromatic N) is 2. The van der Waals surface area contributed by atoms with Gasteiger partial charge >= 0.3 is 6.18 Å². The number of rotatable bonds is 4. The summed E-state index contributed by atoms with van der Waals surface area (Å²) in [7, 11) is 0. The van der Waals surface area contributed by atoms with Gasteiger partial charge in [0.1, 0.15) is 18.1 Å². The topological polar surface area (TPSA) is 92.7 Å². The number of amides is 2. The summed E-state index contributed by atoms with van der Waals surface area (Å²) in [6.07, 6.45) is -3.96. The van der Waals surface area contributed by atoms with Crippen molar-refractivity contribution in [1.29, 1.82) is 0 Å². The molecule has 0 aliphatic carbocycles. The SMILES string of the molecule is O=C(NC1CONC1=O)c1ccc(C2=NCC(c3cc(Cl)c(Cl)c(Cl)c3)(C(F)(F)F)C2)nc1. The van der Waals surface area contributed by atoms with E-state index in [0.29, 0.717) is 0 Å². The highest BCUT2D eigenvalue weighted by Crippen LogP contribution is 2.49. The summed E-state index contributed by atoms with van der Waals surface area (Å²) in [6, 6.07) is 4.23. The Bertz CT molecular complexity index is 1130. The molecule has 1 aromatic carbocycles. The van der Waals surface area contributed by atoms with Crippen molar-refractivity contribution in [3.8, 4) is 0 Å². The number of halogens is 6. The minimum absolute atomic E-state index is 0.0227. The molecule has 0 saturated carbocycles. The molecule has 2 unspecified atom stereocenters. The van der Waals surface area contributed by atoms with Crippen LogP contribution >= 0.6 is 34.8 Å². The minimum atomic E-state index is -4.66. The number of aromatic nitrogens is 1. The normalized spacial score (nSPS) is 22.8. The Morgan fingerprint density at radius 2 is 1.91 bits per heavy atom. The number of benzene rings is 1. The van der Waals surface area contributed by atoms with Crippen molar-refractivity contribution in [2.24, 2.45) is 4.99 Å². The molecular formula is C20H14Cl3F3N4O3. The van der Waals surface area contributed by atoms with E-state index in [1.54, 1.807) is 0 Å². The Labute approximate surface area is 200 Å². The predicted molar refractivity (Wildman–Crippen MR) is 115 cm³/mol. The number of aliphatic imine (C=N–C) groups is 1. The maximum atomic E-state index is 14.2. The molecule has 1 aromatic heterocycles. The summed E-state index contributed by atoms with van der Waals surface area (Å²) < 4.78 is 42.7. The van der Waals surface area contributed by atoms with E-state index >= 15 is 0 Å². The fourth-order valence-corrected chi connectivity index (χ4v) is 4.17. The lowest BCUT2D eigenvalue weighted by Crippen LogP contribution is -2.44. The maximum Gasteiger partial charge on any atom is 0.400 e. The van der Waals surface area contributed by atoms with Crippen LogP contribution in [-0.4, -0.2) is 47.9 Å². The second-order valence-electron chi connectivity index (χ2n) is 7.51. The number of hydroxylamine groups is 1. The largest absolute Gasteiger partial charge is 0.400 e. The quantitative estimate of drug-likeness (QED) is 0.597. The number of hydrogen-bond acceptors (Lipinski definition) is 5. The average molecular weight is 522 g/mol. The third-order valence-corrected chi connectivity index (χ3v) is 6.65. The Morgan fingerprint density at radius 1 is 1.21 bits per heavy atom. The summed E-state index contributed by atoms with van der Waals surface area (Å²) in [5, 5.41) is 2.26. The number of carbonyl (C=O) groups is 2. The van der Waals surface area contributed by atoms with Crippen LogP contribution in [0.5, 0.6) is 0 Å². The highest BCUT2D eigenvalue weighted by molar-refractivity contribution is 6.48. The molecule has 0 bridgehead atoms. The van der Waals surface area contributed by atoms with Crippen molar-refractivity contribution in [1.82, 2.24) is 15.8 Å². The molecule has 7 nitrogen and oxygen atoms in total. The highest BCUT2D eigenvalue weighted by atomic mass is 35.5. The van der Waals surface area contributed by atoms with Gasteiger partial charge in [-0.1, -0.05) is 34.8 Å². The first-order valence-electron chi connectivity index (χ1n) is 9.46. The summed E-state index contributed by atoms with van der Waals surface area (Å²) in [5.74, 6) is -1.07. The van der Waals surface area contributed by atoms with Crippen LogP contribution in [0.1, 0.15) is 28.0 Å². The van der Waals surface area contributed by atoms with E-state index in [1.807, 2.05) is 0 Å². The summed E-state index contributed by atoms with van der Waals surface area (Å²) in [4.78, 5) is 36.7. The number of alkyl halides is 3. The van der Waals surface area contributed by atoms with Crippen LogP contribution in [0.2, 0.25) is 15.1 Å². The first-order chi connectivity index (χ1) is 15.5. The second kappa shape index (κ2) is 8.75. The molecule has 2 atom stereocenters. The fourth-order valence-electron chi connectivity index (χ4n) is 3.57. The van der Waals surface area contributed by atoms with Crippen LogP contribution in [0.25, 0.3) is 0 Å². The molecule has 1 fully saturated rings. The maximum absolute atomic E-state index is 14.2. The zero-order valence-electron chi connectivity index (χ0n) is 16.5. The number of carbonyl (C=O) groups excluding carboxylic acids is 2. The van der Waals surface area contributed by atoms with Crippen molar-refractivity contribution in [2.75, 3.05) is 13.2 Å². The van der Waals surface area contributed by atoms with E-state index in [-0.39, 0.29) is 44.2 Å². The van der Waals surface area contributed by atoms with E-state index in [0.717, 1.165) is 12.1 Å². The van der Waals surface area contributed by atoms with Gasteiger partial charge in [0.2, 0.25) is 0 Å². The number of pyridine rings is 1. The monoisotopic (exact) mass is 520 g/mol. The molecule has 174 valence electrons. The van der Waals surface area contributed by atoms with Crippen molar-refractivity contribution in [2.45, 2.75) is 24.1 Å². The third kappa shape index (κ3) is 4.40. The van der Waals surface area contributed by atoms with E-state index in [1.165, 1.54) is 18.3 Å². The fraction of sp³-hybridized carbons (Fsp3) is 0.300. The minimum Gasteiger partial charge on any atom is -0.338 e. The standard InChI is InChI=1S/C20H14Cl3F3N4O3/c21-11-3-10(4-12(22)16(11)23)19(20(24,25)26)5-14(28-8-19)13-2-1-9(6-27-13)17(31)29-15-7-33-30-18(15)32/h1-4,6,15H,5,7-8H2,(H,29,31)(H,30,32). The lowest BCUT2D eigenvalue weighted by Gasteiger charge is -2.32. The molecule has 4 rings (SSSR count). The molecular weight excluding hydrogens is 508 g/mol.